The second-order valence-electron chi connectivity index (χ2n) is 4.20. The van der Waals surface area contributed by atoms with Crippen molar-refractivity contribution in [3.8, 4) is 0 Å². The van der Waals surface area contributed by atoms with Gasteiger partial charge in [0.1, 0.15) is 0 Å². The molecule has 0 spiro atoms. The molecule has 0 radical (unpaired) electrons. The molecule has 1 N–H and O–H groups in total. The third-order valence-electron chi connectivity index (χ3n) is 2.59. The van der Waals surface area contributed by atoms with Crippen LogP contribution in [0.5, 0.6) is 0 Å². The number of nitrogens with one attached hydrogen (secondary N) is 1. The van der Waals surface area contributed by atoms with Gasteiger partial charge in [0.2, 0.25) is 0 Å². The molecule has 0 aliphatic heterocycles. The van der Waals surface area contributed by atoms with E-state index in [1.165, 1.54) is 6.07 Å². The zero-order chi connectivity index (χ0) is 14.8. The Hall–Kier alpha value is -1.63. The van der Waals surface area contributed by atoms with Crippen molar-refractivity contribution in [3.05, 3.63) is 52.0 Å². The number of aryl methyl sites for hydroxylation is 1. The summed E-state index contributed by atoms with van der Waals surface area (Å²) in [5, 5.41) is 3.01. The van der Waals surface area contributed by atoms with Gasteiger partial charge in [-0.2, -0.15) is 13.2 Å². The molecule has 20 heavy (non-hydrogen) atoms. The van der Waals surface area contributed by atoms with E-state index in [0.29, 0.717) is 22.4 Å². The van der Waals surface area contributed by atoms with Crippen molar-refractivity contribution in [2.24, 2.45) is 0 Å². The predicted molar refractivity (Wildman–Crippen MR) is 73.2 cm³/mol. The lowest BCUT2D eigenvalue weighted by Gasteiger charge is -2.11. The van der Waals surface area contributed by atoms with Crippen LogP contribution in [-0.4, -0.2) is 9.97 Å². The second-order valence-corrected chi connectivity index (χ2v) is 5.05. The van der Waals surface area contributed by atoms with E-state index in [2.05, 4.69) is 31.2 Å². The highest BCUT2D eigenvalue weighted by molar-refractivity contribution is 9.10. The summed E-state index contributed by atoms with van der Waals surface area (Å²) in [5.41, 5.74) is 1.40. The number of hydrogen-bond donors (Lipinski definition) is 1. The third kappa shape index (κ3) is 3.69. The number of halogens is 4. The molecule has 2 aromatic rings. The van der Waals surface area contributed by atoms with Crippen LogP contribution >= 0.6 is 15.9 Å². The van der Waals surface area contributed by atoms with Crippen LogP contribution in [0.15, 0.2) is 35.1 Å². The monoisotopic (exact) mass is 345 g/mol. The van der Waals surface area contributed by atoms with Gasteiger partial charge < -0.3 is 5.32 Å². The van der Waals surface area contributed by atoms with Crippen LogP contribution < -0.4 is 5.32 Å². The average molecular weight is 346 g/mol. The SMILES string of the molecule is Cc1cnc(CNc2ccc(C(F)(F)F)cc2Br)cn1. The third-order valence-corrected chi connectivity index (χ3v) is 3.25. The minimum Gasteiger partial charge on any atom is -0.378 e. The standard InChI is InChI=1S/C13H11BrF3N3/c1-8-5-19-10(6-18-8)7-20-12-3-2-9(4-11(12)14)13(15,16)17/h2-6,20H,7H2,1H3. The predicted octanol–water partition coefficient (Wildman–Crippen LogP) is 4.18. The van der Waals surface area contributed by atoms with Gasteiger partial charge in [-0.3, -0.25) is 9.97 Å². The molecule has 106 valence electrons. The van der Waals surface area contributed by atoms with Gasteiger partial charge in [0.25, 0.3) is 0 Å². The Labute approximate surface area is 122 Å². The van der Waals surface area contributed by atoms with Gasteiger partial charge in [-0.05, 0) is 41.1 Å². The van der Waals surface area contributed by atoms with Crippen molar-refractivity contribution in [2.75, 3.05) is 5.32 Å². The molecule has 0 saturated carbocycles. The number of aromatic nitrogens is 2. The molecular formula is C13H11BrF3N3. The highest BCUT2D eigenvalue weighted by Gasteiger charge is 2.30. The molecule has 0 atom stereocenters. The molecule has 0 fully saturated rings. The molecular weight excluding hydrogens is 335 g/mol. The maximum absolute atomic E-state index is 12.5. The van der Waals surface area contributed by atoms with Crippen molar-refractivity contribution in [1.29, 1.82) is 0 Å². The highest BCUT2D eigenvalue weighted by Crippen LogP contribution is 2.33. The zero-order valence-electron chi connectivity index (χ0n) is 10.5. The summed E-state index contributed by atoms with van der Waals surface area (Å²) in [7, 11) is 0. The first-order valence-corrected chi connectivity index (χ1v) is 6.54. The Bertz CT molecular complexity index is 597. The molecule has 0 amide bonds. The number of nitrogens with zero attached hydrogens (tertiary/aromatic N) is 2. The van der Waals surface area contributed by atoms with Gasteiger partial charge >= 0.3 is 6.18 Å². The fourth-order valence-corrected chi connectivity index (χ4v) is 2.05. The Morgan fingerprint density at radius 1 is 1.20 bits per heavy atom. The molecule has 0 saturated heterocycles. The topological polar surface area (TPSA) is 37.8 Å². The van der Waals surface area contributed by atoms with Crippen LogP contribution in [0.2, 0.25) is 0 Å². The van der Waals surface area contributed by atoms with Crippen LogP contribution in [0.3, 0.4) is 0 Å². The van der Waals surface area contributed by atoms with Crippen molar-refractivity contribution in [1.82, 2.24) is 9.97 Å². The zero-order valence-corrected chi connectivity index (χ0v) is 12.1. The number of anilines is 1. The molecule has 1 aromatic carbocycles. The fraction of sp³-hybridized carbons (Fsp3) is 0.231. The fourth-order valence-electron chi connectivity index (χ4n) is 1.53. The molecule has 0 bridgehead atoms. The summed E-state index contributed by atoms with van der Waals surface area (Å²) < 4.78 is 37.9. The number of hydrogen-bond acceptors (Lipinski definition) is 3. The molecule has 1 heterocycles. The van der Waals surface area contributed by atoms with Crippen molar-refractivity contribution >= 4 is 21.6 Å². The molecule has 7 heteroatoms. The normalized spacial score (nSPS) is 11.4. The van der Waals surface area contributed by atoms with Gasteiger partial charge in [0.05, 0.1) is 29.7 Å². The lowest BCUT2D eigenvalue weighted by Crippen LogP contribution is -2.07. The average Bonchev–Trinajstić information content (AvgIpc) is 2.38. The van der Waals surface area contributed by atoms with E-state index in [0.717, 1.165) is 17.8 Å². The summed E-state index contributed by atoms with van der Waals surface area (Å²) in [4.78, 5) is 8.26. The van der Waals surface area contributed by atoms with Crippen molar-refractivity contribution < 1.29 is 13.2 Å². The number of alkyl halides is 3. The van der Waals surface area contributed by atoms with Crippen molar-refractivity contribution in [3.63, 3.8) is 0 Å². The summed E-state index contributed by atoms with van der Waals surface area (Å²) in [6.07, 6.45) is -1.08. The minimum absolute atomic E-state index is 0.354. The van der Waals surface area contributed by atoms with Crippen LogP contribution in [0, 0.1) is 6.92 Å². The molecule has 2 rings (SSSR count). The lowest BCUT2D eigenvalue weighted by molar-refractivity contribution is -0.137. The largest absolute Gasteiger partial charge is 0.416 e. The highest BCUT2D eigenvalue weighted by atomic mass is 79.9. The summed E-state index contributed by atoms with van der Waals surface area (Å²) in [6.45, 7) is 2.22. The molecule has 0 aliphatic carbocycles. The van der Waals surface area contributed by atoms with Crippen LogP contribution in [-0.2, 0) is 12.7 Å². The Kier molecular flexibility index (Phi) is 4.27. The van der Waals surface area contributed by atoms with Crippen molar-refractivity contribution in [2.45, 2.75) is 19.6 Å². The summed E-state index contributed by atoms with van der Waals surface area (Å²) in [5.74, 6) is 0. The Morgan fingerprint density at radius 3 is 2.50 bits per heavy atom. The van der Waals surface area contributed by atoms with Gasteiger partial charge in [-0.15, -0.1) is 0 Å². The quantitative estimate of drug-likeness (QED) is 0.906. The van der Waals surface area contributed by atoms with Gasteiger partial charge in [-0.1, -0.05) is 0 Å². The first-order valence-electron chi connectivity index (χ1n) is 5.74. The van der Waals surface area contributed by atoms with E-state index in [9.17, 15) is 13.2 Å². The first-order chi connectivity index (χ1) is 9.36. The molecule has 3 nitrogen and oxygen atoms in total. The summed E-state index contributed by atoms with van der Waals surface area (Å²) >= 11 is 3.13. The van der Waals surface area contributed by atoms with Gasteiger partial charge in [0, 0.05) is 16.4 Å². The van der Waals surface area contributed by atoms with Gasteiger partial charge in [0.15, 0.2) is 0 Å². The molecule has 0 unspecified atom stereocenters. The van der Waals surface area contributed by atoms with E-state index < -0.39 is 11.7 Å². The van der Waals surface area contributed by atoms with E-state index in [1.807, 2.05) is 6.92 Å². The number of rotatable bonds is 3. The van der Waals surface area contributed by atoms with Crippen LogP contribution in [0.1, 0.15) is 17.0 Å². The van der Waals surface area contributed by atoms with E-state index in [-0.39, 0.29) is 0 Å². The van der Waals surface area contributed by atoms with E-state index in [1.54, 1.807) is 12.4 Å². The maximum Gasteiger partial charge on any atom is 0.416 e. The van der Waals surface area contributed by atoms with Crippen LogP contribution in [0.4, 0.5) is 18.9 Å². The van der Waals surface area contributed by atoms with Crippen LogP contribution in [0.25, 0.3) is 0 Å². The van der Waals surface area contributed by atoms with Gasteiger partial charge in [-0.25, -0.2) is 0 Å². The maximum atomic E-state index is 12.5. The Morgan fingerprint density at radius 2 is 1.95 bits per heavy atom. The summed E-state index contributed by atoms with van der Waals surface area (Å²) in [6, 6.07) is 3.46. The second kappa shape index (κ2) is 5.78. The van der Waals surface area contributed by atoms with E-state index >= 15 is 0 Å². The molecule has 1 aromatic heterocycles. The first kappa shape index (κ1) is 14.8. The smallest absolute Gasteiger partial charge is 0.378 e. The number of benzene rings is 1. The Balaban J connectivity index is 2.08. The lowest BCUT2D eigenvalue weighted by atomic mass is 10.2. The molecule has 0 aliphatic rings. The minimum atomic E-state index is -4.34. The van der Waals surface area contributed by atoms with E-state index in [4.69, 9.17) is 0 Å².